The third kappa shape index (κ3) is 10.2. The molecule has 0 N–H and O–H groups in total. The molecule has 0 radical (unpaired) electrons. The van der Waals surface area contributed by atoms with Crippen molar-refractivity contribution in [3.63, 3.8) is 0 Å². The molecular weight excluding hydrogens is 214 g/mol. The van der Waals surface area contributed by atoms with Gasteiger partial charge in [0.05, 0.1) is 39.2 Å². The molecule has 0 spiro atoms. The fraction of sp³-hybridized carbons (Fsp3) is 1.00. The van der Waals surface area contributed by atoms with Crippen LogP contribution >= 0.6 is 0 Å². The van der Waals surface area contributed by atoms with E-state index in [-0.39, 0.29) is 5.75 Å². The quantitative estimate of drug-likeness (QED) is 0.458. The lowest BCUT2D eigenvalue weighted by Crippen LogP contribution is -2.36. The van der Waals surface area contributed by atoms with Gasteiger partial charge in [-0.15, -0.1) is 0 Å². The van der Waals surface area contributed by atoms with E-state index in [1.165, 1.54) is 0 Å². The minimum atomic E-state index is -2.87. The van der Waals surface area contributed by atoms with E-state index < -0.39 is 9.84 Å². The monoisotopic (exact) mass is 238 g/mol. The van der Waals surface area contributed by atoms with Crippen LogP contribution in [0.1, 0.15) is 12.8 Å². The van der Waals surface area contributed by atoms with E-state index in [1.807, 2.05) is 0 Å². The second kappa shape index (κ2) is 6.45. The molecule has 0 aromatic rings. The third-order valence-corrected chi connectivity index (χ3v) is 3.91. The molecule has 5 heteroatoms. The molecule has 0 saturated heterocycles. The predicted octanol–water partition coefficient (Wildman–Crippen LogP) is 0.534. The van der Waals surface area contributed by atoms with Gasteiger partial charge in [0.1, 0.15) is 0 Å². The van der Waals surface area contributed by atoms with Crippen molar-refractivity contribution in [2.24, 2.45) is 0 Å². The standard InChI is InChI=1S/C10H24NO3S/c1-11(2,3)7-5-9-15(12,13)10-6-8-14-4/h5-10H2,1-4H3/q+1. The molecule has 0 unspecified atom stereocenters. The van der Waals surface area contributed by atoms with Gasteiger partial charge in [0.25, 0.3) is 0 Å². The van der Waals surface area contributed by atoms with E-state index in [4.69, 9.17) is 4.74 Å². The van der Waals surface area contributed by atoms with Crippen molar-refractivity contribution in [3.05, 3.63) is 0 Å². The first-order chi connectivity index (χ1) is 6.77. The van der Waals surface area contributed by atoms with Gasteiger partial charge in [-0.2, -0.15) is 0 Å². The lowest BCUT2D eigenvalue weighted by atomic mass is 10.4. The van der Waals surface area contributed by atoms with Crippen LogP contribution in [0.15, 0.2) is 0 Å². The summed E-state index contributed by atoms with van der Waals surface area (Å²) in [4.78, 5) is 0. The molecule has 0 saturated carbocycles. The van der Waals surface area contributed by atoms with Crippen LogP contribution in [0, 0.1) is 0 Å². The first kappa shape index (κ1) is 14.9. The molecule has 0 fully saturated rings. The number of quaternary nitrogens is 1. The van der Waals surface area contributed by atoms with Crippen molar-refractivity contribution < 1.29 is 17.6 Å². The Bertz CT molecular complexity index is 254. The van der Waals surface area contributed by atoms with Gasteiger partial charge in [-0.3, -0.25) is 0 Å². The molecule has 92 valence electrons. The highest BCUT2D eigenvalue weighted by molar-refractivity contribution is 7.91. The summed E-state index contributed by atoms with van der Waals surface area (Å²) in [7, 11) is 4.92. The molecule has 15 heavy (non-hydrogen) atoms. The van der Waals surface area contributed by atoms with Crippen molar-refractivity contribution in [1.82, 2.24) is 0 Å². The molecule has 0 amide bonds. The van der Waals surface area contributed by atoms with Gasteiger partial charge in [-0.25, -0.2) is 8.42 Å². The Hall–Kier alpha value is -0.130. The van der Waals surface area contributed by atoms with Crippen LogP contribution in [-0.2, 0) is 14.6 Å². The third-order valence-electron chi connectivity index (χ3n) is 2.09. The summed E-state index contributed by atoms with van der Waals surface area (Å²) in [6.07, 6.45) is 1.34. The minimum absolute atomic E-state index is 0.248. The Morgan fingerprint density at radius 2 is 1.60 bits per heavy atom. The molecule has 0 aliphatic carbocycles. The smallest absolute Gasteiger partial charge is 0.150 e. The first-order valence-electron chi connectivity index (χ1n) is 5.27. The van der Waals surface area contributed by atoms with Gasteiger partial charge in [0.15, 0.2) is 9.84 Å². The average Bonchev–Trinajstić information content (AvgIpc) is 2.01. The van der Waals surface area contributed by atoms with E-state index in [0.29, 0.717) is 18.8 Å². The minimum Gasteiger partial charge on any atom is -0.385 e. The molecule has 0 aromatic carbocycles. The molecule has 0 aliphatic rings. The second-order valence-electron chi connectivity index (χ2n) is 4.87. The number of nitrogens with zero attached hydrogens (tertiary/aromatic N) is 1. The Morgan fingerprint density at radius 3 is 2.07 bits per heavy atom. The summed E-state index contributed by atoms with van der Waals surface area (Å²) in [6.45, 7) is 1.41. The molecule has 0 heterocycles. The number of hydrogen-bond donors (Lipinski definition) is 0. The van der Waals surface area contributed by atoms with Gasteiger partial charge in [-0.1, -0.05) is 0 Å². The summed E-state index contributed by atoms with van der Waals surface area (Å²) in [5, 5.41) is 0. The van der Waals surface area contributed by atoms with Gasteiger partial charge in [0, 0.05) is 20.1 Å². The zero-order valence-electron chi connectivity index (χ0n) is 10.3. The normalized spacial score (nSPS) is 13.1. The van der Waals surface area contributed by atoms with Crippen LogP contribution in [0.5, 0.6) is 0 Å². The lowest BCUT2D eigenvalue weighted by molar-refractivity contribution is -0.870. The maximum Gasteiger partial charge on any atom is 0.150 e. The fourth-order valence-electron chi connectivity index (χ4n) is 1.28. The van der Waals surface area contributed by atoms with Gasteiger partial charge >= 0.3 is 0 Å². The zero-order valence-corrected chi connectivity index (χ0v) is 11.1. The number of rotatable bonds is 8. The highest BCUT2D eigenvalue weighted by atomic mass is 32.2. The van der Waals surface area contributed by atoms with Gasteiger partial charge < -0.3 is 9.22 Å². The molecule has 0 aromatic heterocycles. The Morgan fingerprint density at radius 1 is 1.07 bits per heavy atom. The van der Waals surface area contributed by atoms with Crippen LogP contribution in [0.3, 0.4) is 0 Å². The first-order valence-corrected chi connectivity index (χ1v) is 7.09. The molecule has 0 aliphatic heterocycles. The van der Waals surface area contributed by atoms with Crippen LogP contribution in [-0.4, -0.2) is 65.8 Å². The number of sulfone groups is 1. The second-order valence-corrected chi connectivity index (χ2v) is 7.17. The van der Waals surface area contributed by atoms with Crippen molar-refractivity contribution >= 4 is 9.84 Å². The van der Waals surface area contributed by atoms with Crippen LogP contribution in [0.4, 0.5) is 0 Å². The number of methoxy groups -OCH3 is 1. The molecule has 0 bridgehead atoms. The highest BCUT2D eigenvalue weighted by Crippen LogP contribution is 2.00. The summed E-state index contributed by atoms with van der Waals surface area (Å²) >= 11 is 0. The van der Waals surface area contributed by atoms with Crippen LogP contribution in [0.2, 0.25) is 0 Å². The largest absolute Gasteiger partial charge is 0.385 e. The van der Waals surface area contributed by atoms with Crippen LogP contribution < -0.4 is 0 Å². The fourth-order valence-corrected chi connectivity index (χ4v) is 2.61. The zero-order chi connectivity index (χ0) is 11.9. The van der Waals surface area contributed by atoms with Crippen molar-refractivity contribution in [3.8, 4) is 0 Å². The van der Waals surface area contributed by atoms with E-state index in [2.05, 4.69) is 21.1 Å². The summed E-state index contributed by atoms with van der Waals surface area (Å²) in [5.41, 5.74) is 0. The maximum absolute atomic E-state index is 11.5. The van der Waals surface area contributed by atoms with E-state index in [0.717, 1.165) is 17.4 Å². The van der Waals surface area contributed by atoms with Crippen molar-refractivity contribution in [1.29, 1.82) is 0 Å². The number of hydrogen-bond acceptors (Lipinski definition) is 3. The summed E-state index contributed by atoms with van der Waals surface area (Å²) in [6, 6.07) is 0. The van der Waals surface area contributed by atoms with Gasteiger partial charge in [0.2, 0.25) is 0 Å². The van der Waals surface area contributed by atoms with Gasteiger partial charge in [-0.05, 0) is 6.42 Å². The SMILES string of the molecule is COCCCS(=O)(=O)CCC[N+](C)(C)C. The van der Waals surface area contributed by atoms with Crippen molar-refractivity contribution in [2.45, 2.75) is 12.8 Å². The molecular formula is C10H24NO3S+. The van der Waals surface area contributed by atoms with Crippen molar-refractivity contribution in [2.75, 3.05) is 52.9 Å². The van der Waals surface area contributed by atoms with E-state index in [1.54, 1.807) is 7.11 Å². The topological polar surface area (TPSA) is 43.4 Å². The van der Waals surface area contributed by atoms with E-state index in [9.17, 15) is 8.42 Å². The maximum atomic E-state index is 11.5. The predicted molar refractivity (Wildman–Crippen MR) is 62.7 cm³/mol. The average molecular weight is 238 g/mol. The Balaban J connectivity index is 3.75. The summed E-state index contributed by atoms with van der Waals surface area (Å²) < 4.78 is 28.7. The summed E-state index contributed by atoms with van der Waals surface area (Å²) in [5.74, 6) is 0.546. The molecule has 0 atom stereocenters. The van der Waals surface area contributed by atoms with Crippen LogP contribution in [0.25, 0.3) is 0 Å². The lowest BCUT2D eigenvalue weighted by Gasteiger charge is -2.23. The Kier molecular flexibility index (Phi) is 6.40. The molecule has 4 nitrogen and oxygen atoms in total. The highest BCUT2D eigenvalue weighted by Gasteiger charge is 2.13. The molecule has 0 rings (SSSR count). The Labute approximate surface area is 93.7 Å². The number of ether oxygens (including phenoxy) is 1. The van der Waals surface area contributed by atoms with E-state index >= 15 is 0 Å².